The molecule has 0 saturated heterocycles. The summed E-state index contributed by atoms with van der Waals surface area (Å²) in [5, 5.41) is 9.06. The number of aromatic hydroxyl groups is 1. The van der Waals surface area contributed by atoms with Crippen molar-refractivity contribution in [3.05, 3.63) is 29.8 Å². The Hall–Kier alpha value is -1.00. The molecule has 0 fully saturated rings. The van der Waals surface area contributed by atoms with E-state index in [1.54, 1.807) is 30.5 Å². The van der Waals surface area contributed by atoms with Crippen molar-refractivity contribution in [1.29, 1.82) is 0 Å². The summed E-state index contributed by atoms with van der Waals surface area (Å²) in [6, 6.07) is 6.58. The Morgan fingerprint density at radius 3 is 2.27 bits per heavy atom. The van der Waals surface area contributed by atoms with Crippen molar-refractivity contribution in [3.63, 3.8) is 0 Å². The first kappa shape index (κ1) is 12.1. The quantitative estimate of drug-likeness (QED) is 0.620. The van der Waals surface area contributed by atoms with Gasteiger partial charge in [-0.15, -0.1) is 0 Å². The molecular weight excluding hydrogens is 210 g/mol. The molecule has 3 nitrogen and oxygen atoms in total. The first-order chi connectivity index (χ1) is 6.89. The Balaban J connectivity index is 2.70. The van der Waals surface area contributed by atoms with E-state index in [-0.39, 0.29) is 10.5 Å². The van der Waals surface area contributed by atoms with Gasteiger partial charge >= 0.3 is 0 Å². The van der Waals surface area contributed by atoms with Crippen LogP contribution in [0.3, 0.4) is 0 Å². The molecule has 4 heteroatoms. The molecular formula is C11H15NO2S. The van der Waals surface area contributed by atoms with E-state index in [1.165, 1.54) is 0 Å². The fourth-order valence-electron chi connectivity index (χ4n) is 0.827. The molecule has 0 spiro atoms. The van der Waals surface area contributed by atoms with Gasteiger partial charge < -0.3 is 9.66 Å². The normalized spacial score (nSPS) is 14.4. The van der Waals surface area contributed by atoms with Crippen molar-refractivity contribution < 1.29 is 9.66 Å². The number of phenolic OH excluding ortho intramolecular Hbond substituents is 1. The average molecular weight is 225 g/mol. The third-order valence-corrected chi connectivity index (χ3v) is 3.06. The number of rotatable bonds is 2. The van der Waals surface area contributed by atoms with Crippen LogP contribution in [0.5, 0.6) is 5.75 Å². The zero-order valence-corrected chi connectivity index (χ0v) is 9.91. The van der Waals surface area contributed by atoms with Crippen LogP contribution in [0.15, 0.2) is 28.7 Å². The zero-order valence-electron chi connectivity index (χ0n) is 9.10. The molecule has 0 amide bonds. The number of hydrogen-bond donors (Lipinski definition) is 1. The lowest BCUT2D eigenvalue weighted by Gasteiger charge is -2.17. The van der Waals surface area contributed by atoms with Crippen molar-refractivity contribution in [1.82, 2.24) is 0 Å². The van der Waals surface area contributed by atoms with Crippen LogP contribution in [-0.4, -0.2) is 20.6 Å². The highest BCUT2D eigenvalue weighted by Crippen LogP contribution is 2.17. The lowest BCUT2D eigenvalue weighted by Crippen LogP contribution is -2.25. The Kier molecular flexibility index (Phi) is 3.77. The van der Waals surface area contributed by atoms with Crippen LogP contribution in [0.2, 0.25) is 0 Å². The van der Waals surface area contributed by atoms with E-state index in [0.29, 0.717) is 0 Å². The van der Waals surface area contributed by atoms with Gasteiger partial charge in [0.05, 0.1) is 6.21 Å². The molecule has 0 aromatic heterocycles. The van der Waals surface area contributed by atoms with E-state index >= 15 is 0 Å². The van der Waals surface area contributed by atoms with Crippen LogP contribution in [-0.2, 0) is 11.4 Å². The Morgan fingerprint density at radius 1 is 1.27 bits per heavy atom. The monoisotopic (exact) mass is 225 g/mol. The lowest BCUT2D eigenvalue weighted by molar-refractivity contribution is 0.475. The molecule has 0 heterocycles. The molecule has 0 aliphatic rings. The third-order valence-electron chi connectivity index (χ3n) is 1.71. The van der Waals surface area contributed by atoms with Crippen LogP contribution in [0.4, 0.5) is 0 Å². The van der Waals surface area contributed by atoms with E-state index in [1.807, 2.05) is 20.8 Å². The molecule has 1 atom stereocenters. The Bertz CT molecular complexity index is 341. The SMILES string of the molecule is CC(C)(C)[S@+]([O-])N=Cc1ccc(O)cc1. The molecule has 1 aromatic carbocycles. The standard InChI is InChI=1S/C11H15NO2S/c1-11(2,3)15(14)12-8-9-4-6-10(13)7-5-9/h4-8,13H,1-3H3/t15-/m0/s1. The van der Waals surface area contributed by atoms with Gasteiger partial charge in [0.2, 0.25) is 0 Å². The summed E-state index contributed by atoms with van der Waals surface area (Å²) in [6.45, 7) is 5.62. The Labute approximate surface area is 93.2 Å². The van der Waals surface area contributed by atoms with E-state index in [4.69, 9.17) is 5.11 Å². The molecule has 0 bridgehead atoms. The summed E-state index contributed by atoms with van der Waals surface area (Å²) in [5.41, 5.74) is 0.824. The molecule has 15 heavy (non-hydrogen) atoms. The van der Waals surface area contributed by atoms with Crippen LogP contribution >= 0.6 is 0 Å². The summed E-state index contributed by atoms with van der Waals surface area (Å²) >= 11 is -1.24. The second-order valence-electron chi connectivity index (χ2n) is 4.19. The van der Waals surface area contributed by atoms with Crippen molar-refractivity contribution in [3.8, 4) is 5.75 Å². The second-order valence-corrected chi connectivity index (χ2v) is 6.12. The number of nitrogens with zero attached hydrogens (tertiary/aromatic N) is 1. The predicted octanol–water partition coefficient (Wildman–Crippen LogP) is 2.27. The largest absolute Gasteiger partial charge is 0.591 e. The molecule has 0 radical (unpaired) electrons. The second kappa shape index (κ2) is 4.68. The first-order valence-corrected chi connectivity index (χ1v) is 5.75. The third kappa shape index (κ3) is 3.93. The van der Waals surface area contributed by atoms with Crippen LogP contribution in [0.1, 0.15) is 26.3 Å². The van der Waals surface area contributed by atoms with E-state index in [2.05, 4.69) is 4.40 Å². The van der Waals surface area contributed by atoms with E-state index in [9.17, 15) is 4.55 Å². The van der Waals surface area contributed by atoms with E-state index < -0.39 is 11.4 Å². The smallest absolute Gasteiger partial charge is 0.144 e. The van der Waals surface area contributed by atoms with Crippen molar-refractivity contribution >= 4 is 17.6 Å². The average Bonchev–Trinajstić information content (AvgIpc) is 2.15. The molecule has 0 aliphatic heterocycles. The summed E-state index contributed by atoms with van der Waals surface area (Å²) in [6.07, 6.45) is 1.56. The summed E-state index contributed by atoms with van der Waals surface area (Å²) in [5.74, 6) is 0.212. The highest BCUT2D eigenvalue weighted by atomic mass is 32.2. The van der Waals surface area contributed by atoms with Gasteiger partial charge in [0, 0.05) is 0 Å². The maximum absolute atomic E-state index is 11.6. The Morgan fingerprint density at radius 2 is 1.80 bits per heavy atom. The number of benzene rings is 1. The topological polar surface area (TPSA) is 55.7 Å². The summed E-state index contributed by atoms with van der Waals surface area (Å²) < 4.78 is 15.2. The van der Waals surface area contributed by atoms with Gasteiger partial charge in [-0.3, -0.25) is 0 Å². The fraction of sp³-hybridized carbons (Fsp3) is 0.364. The van der Waals surface area contributed by atoms with Crippen molar-refractivity contribution in [2.75, 3.05) is 0 Å². The maximum atomic E-state index is 11.6. The highest BCUT2D eigenvalue weighted by Gasteiger charge is 2.25. The lowest BCUT2D eigenvalue weighted by atomic mass is 10.2. The zero-order chi connectivity index (χ0) is 11.5. The number of hydrogen-bond acceptors (Lipinski definition) is 3. The molecule has 0 unspecified atom stereocenters. The molecule has 0 saturated carbocycles. The number of phenols is 1. The van der Waals surface area contributed by atoms with Gasteiger partial charge in [-0.25, -0.2) is 0 Å². The first-order valence-electron chi connectivity index (χ1n) is 4.65. The molecule has 1 aromatic rings. The fourth-order valence-corrected chi connectivity index (χ4v) is 1.36. The molecule has 82 valence electrons. The summed E-state index contributed by atoms with van der Waals surface area (Å²) in [4.78, 5) is 0. The van der Waals surface area contributed by atoms with Crippen molar-refractivity contribution in [2.24, 2.45) is 4.40 Å². The van der Waals surface area contributed by atoms with Gasteiger partial charge in [0.1, 0.15) is 21.9 Å². The minimum atomic E-state index is -1.24. The minimum Gasteiger partial charge on any atom is -0.591 e. The van der Waals surface area contributed by atoms with Crippen LogP contribution in [0, 0.1) is 0 Å². The van der Waals surface area contributed by atoms with E-state index in [0.717, 1.165) is 5.56 Å². The highest BCUT2D eigenvalue weighted by molar-refractivity contribution is 7.91. The minimum absolute atomic E-state index is 0.212. The van der Waals surface area contributed by atoms with Gasteiger partial charge in [-0.1, -0.05) is 4.40 Å². The van der Waals surface area contributed by atoms with Crippen molar-refractivity contribution in [2.45, 2.75) is 25.5 Å². The molecule has 1 N–H and O–H groups in total. The van der Waals surface area contributed by atoms with Gasteiger partial charge in [-0.05, 0) is 50.6 Å². The molecule has 1 rings (SSSR count). The predicted molar refractivity (Wildman–Crippen MR) is 63.6 cm³/mol. The van der Waals surface area contributed by atoms with Gasteiger partial charge in [0.15, 0.2) is 0 Å². The van der Waals surface area contributed by atoms with Gasteiger partial charge in [0.25, 0.3) is 0 Å². The van der Waals surface area contributed by atoms with Crippen LogP contribution in [0.25, 0.3) is 0 Å². The van der Waals surface area contributed by atoms with Crippen LogP contribution < -0.4 is 0 Å². The summed E-state index contributed by atoms with van der Waals surface area (Å²) in [7, 11) is 0. The van der Waals surface area contributed by atoms with Gasteiger partial charge in [-0.2, -0.15) is 0 Å². The maximum Gasteiger partial charge on any atom is 0.144 e. The molecule has 0 aliphatic carbocycles.